The first-order chi connectivity index (χ1) is 6.75. The summed E-state index contributed by atoms with van der Waals surface area (Å²) in [7, 11) is 1.68. The van der Waals surface area contributed by atoms with Crippen molar-refractivity contribution in [2.75, 3.05) is 26.8 Å². The molecule has 1 aliphatic rings. The van der Waals surface area contributed by atoms with Crippen LogP contribution in [0.3, 0.4) is 0 Å². The average molecular weight is 200 g/mol. The summed E-state index contributed by atoms with van der Waals surface area (Å²) in [6, 6.07) is 0. The molecule has 0 aromatic heterocycles. The summed E-state index contributed by atoms with van der Waals surface area (Å²) in [5, 5.41) is 5.92. The highest BCUT2D eigenvalue weighted by Crippen LogP contribution is 2.35. The lowest BCUT2D eigenvalue weighted by molar-refractivity contribution is -0.123. The van der Waals surface area contributed by atoms with Gasteiger partial charge in [-0.25, -0.2) is 0 Å². The van der Waals surface area contributed by atoms with Crippen LogP contribution in [-0.4, -0.2) is 38.3 Å². The van der Waals surface area contributed by atoms with Gasteiger partial charge in [-0.3, -0.25) is 4.79 Å². The largest absolute Gasteiger partial charge is 0.380 e. The van der Waals surface area contributed by atoms with E-state index in [9.17, 15) is 4.79 Å². The minimum atomic E-state index is -0.273. The Morgan fingerprint density at radius 3 is 2.64 bits per heavy atom. The van der Waals surface area contributed by atoms with Crippen molar-refractivity contribution in [3.8, 4) is 0 Å². The van der Waals surface area contributed by atoms with Gasteiger partial charge in [-0.2, -0.15) is 0 Å². The second-order valence-electron chi connectivity index (χ2n) is 3.70. The van der Waals surface area contributed by atoms with Crippen LogP contribution in [0.1, 0.15) is 26.2 Å². The smallest absolute Gasteiger partial charge is 0.240 e. The predicted octanol–water partition coefficient (Wildman–Crippen LogP) is 0.281. The number of carbonyl (C=O) groups excluding carboxylic acids is 1. The minimum absolute atomic E-state index is 0.105. The van der Waals surface area contributed by atoms with Crippen LogP contribution < -0.4 is 10.6 Å². The topological polar surface area (TPSA) is 50.4 Å². The molecule has 1 amide bonds. The molecule has 1 aliphatic carbocycles. The highest BCUT2D eigenvalue weighted by molar-refractivity contribution is 5.89. The van der Waals surface area contributed by atoms with Crippen LogP contribution in [0.2, 0.25) is 0 Å². The molecule has 0 atom stereocenters. The van der Waals surface area contributed by atoms with Crippen molar-refractivity contribution in [3.63, 3.8) is 0 Å². The van der Waals surface area contributed by atoms with Gasteiger partial charge in [0.2, 0.25) is 5.91 Å². The highest BCUT2D eigenvalue weighted by atomic mass is 16.5. The molecule has 0 bridgehead atoms. The minimum Gasteiger partial charge on any atom is -0.380 e. The van der Waals surface area contributed by atoms with Crippen molar-refractivity contribution in [1.82, 2.24) is 10.6 Å². The van der Waals surface area contributed by atoms with Gasteiger partial charge in [0.05, 0.1) is 12.1 Å². The van der Waals surface area contributed by atoms with Gasteiger partial charge in [-0.15, -0.1) is 0 Å². The van der Waals surface area contributed by atoms with Gasteiger partial charge in [0.1, 0.15) is 0 Å². The fourth-order valence-corrected chi connectivity index (χ4v) is 1.46. The van der Waals surface area contributed by atoms with Crippen molar-refractivity contribution in [1.29, 1.82) is 0 Å². The van der Waals surface area contributed by atoms with E-state index in [4.69, 9.17) is 4.74 Å². The fourth-order valence-electron chi connectivity index (χ4n) is 1.46. The molecular formula is C10H20N2O2. The molecule has 2 N–H and O–H groups in total. The van der Waals surface area contributed by atoms with Gasteiger partial charge in [-0.05, 0) is 19.3 Å². The normalized spacial score (nSPS) is 17.9. The van der Waals surface area contributed by atoms with Gasteiger partial charge in [0.15, 0.2) is 0 Å². The van der Waals surface area contributed by atoms with E-state index in [-0.39, 0.29) is 11.4 Å². The van der Waals surface area contributed by atoms with Crippen molar-refractivity contribution in [2.45, 2.75) is 31.7 Å². The number of hydrogen-bond donors (Lipinski definition) is 2. The zero-order chi connectivity index (χ0) is 10.4. The first-order valence-corrected chi connectivity index (χ1v) is 5.30. The molecule has 0 spiro atoms. The maximum absolute atomic E-state index is 11.4. The molecule has 82 valence electrons. The Morgan fingerprint density at radius 1 is 1.43 bits per heavy atom. The highest BCUT2D eigenvalue weighted by Gasteiger charge is 2.48. The van der Waals surface area contributed by atoms with Crippen LogP contribution in [-0.2, 0) is 9.53 Å². The van der Waals surface area contributed by atoms with Crippen LogP contribution in [0.15, 0.2) is 0 Å². The predicted molar refractivity (Wildman–Crippen MR) is 55.1 cm³/mol. The van der Waals surface area contributed by atoms with Crippen molar-refractivity contribution in [3.05, 3.63) is 0 Å². The molecule has 1 rings (SSSR count). The fraction of sp³-hybridized carbons (Fsp3) is 0.900. The Morgan fingerprint density at radius 2 is 2.14 bits per heavy atom. The van der Waals surface area contributed by atoms with Gasteiger partial charge < -0.3 is 15.4 Å². The molecule has 1 fully saturated rings. The Kier molecular flexibility index (Phi) is 4.35. The van der Waals surface area contributed by atoms with Gasteiger partial charge >= 0.3 is 0 Å². The Labute approximate surface area is 85.4 Å². The van der Waals surface area contributed by atoms with Crippen LogP contribution in [0, 0.1) is 0 Å². The van der Waals surface area contributed by atoms with Crippen LogP contribution in [0.25, 0.3) is 0 Å². The van der Waals surface area contributed by atoms with Crippen molar-refractivity contribution >= 4 is 5.91 Å². The Hall–Kier alpha value is -0.610. The number of amides is 1. The van der Waals surface area contributed by atoms with E-state index in [0.717, 1.165) is 32.4 Å². The number of ether oxygens (including phenoxy) is 1. The van der Waals surface area contributed by atoms with E-state index in [1.54, 1.807) is 7.05 Å². The molecule has 0 aromatic rings. The molecule has 0 unspecified atom stereocenters. The molecule has 4 heteroatoms. The first-order valence-electron chi connectivity index (χ1n) is 5.30. The van der Waals surface area contributed by atoms with Crippen LogP contribution in [0.4, 0.5) is 0 Å². The molecule has 4 nitrogen and oxygen atoms in total. The van der Waals surface area contributed by atoms with E-state index in [1.807, 2.05) is 0 Å². The maximum Gasteiger partial charge on any atom is 0.240 e. The standard InChI is InChI=1S/C10H20N2O2/c1-3-7-14-8-6-12-10(4-5-10)9(13)11-2/h12H,3-8H2,1-2H3,(H,11,13). The molecule has 0 aliphatic heterocycles. The Bertz CT molecular complexity index is 191. The van der Waals surface area contributed by atoms with Crippen molar-refractivity contribution < 1.29 is 9.53 Å². The zero-order valence-electron chi connectivity index (χ0n) is 9.06. The summed E-state index contributed by atoms with van der Waals surface area (Å²) in [5.41, 5.74) is -0.273. The van der Waals surface area contributed by atoms with E-state index < -0.39 is 0 Å². The quantitative estimate of drug-likeness (QED) is 0.580. The molecule has 14 heavy (non-hydrogen) atoms. The van der Waals surface area contributed by atoms with Gasteiger partial charge in [0.25, 0.3) is 0 Å². The lowest BCUT2D eigenvalue weighted by atomic mass is 10.2. The number of carbonyl (C=O) groups is 1. The SMILES string of the molecule is CCCOCCNC1(C(=O)NC)CC1. The van der Waals surface area contributed by atoms with Crippen LogP contribution in [0.5, 0.6) is 0 Å². The van der Waals surface area contributed by atoms with Crippen molar-refractivity contribution in [2.24, 2.45) is 0 Å². The molecule has 0 heterocycles. The van der Waals surface area contributed by atoms with E-state index in [1.165, 1.54) is 0 Å². The summed E-state index contributed by atoms with van der Waals surface area (Å²) < 4.78 is 5.33. The zero-order valence-corrected chi connectivity index (χ0v) is 9.06. The summed E-state index contributed by atoms with van der Waals surface area (Å²) in [6.45, 7) is 4.33. The maximum atomic E-state index is 11.4. The van der Waals surface area contributed by atoms with E-state index in [2.05, 4.69) is 17.6 Å². The number of likely N-dealkylation sites (N-methyl/N-ethyl adjacent to an activating group) is 1. The monoisotopic (exact) mass is 200 g/mol. The second-order valence-corrected chi connectivity index (χ2v) is 3.70. The second kappa shape index (κ2) is 5.32. The molecule has 0 aromatic carbocycles. The lowest BCUT2D eigenvalue weighted by Crippen LogP contribution is -2.46. The van der Waals surface area contributed by atoms with Gasteiger partial charge in [0, 0.05) is 20.2 Å². The summed E-state index contributed by atoms with van der Waals surface area (Å²) in [4.78, 5) is 11.4. The van der Waals surface area contributed by atoms with E-state index in [0.29, 0.717) is 6.61 Å². The lowest BCUT2D eigenvalue weighted by Gasteiger charge is -2.15. The number of rotatable bonds is 7. The summed E-state index contributed by atoms with van der Waals surface area (Å²) >= 11 is 0. The van der Waals surface area contributed by atoms with Gasteiger partial charge in [-0.1, -0.05) is 6.92 Å². The summed E-state index contributed by atoms with van der Waals surface area (Å²) in [6.07, 6.45) is 2.93. The van der Waals surface area contributed by atoms with E-state index >= 15 is 0 Å². The molecule has 1 saturated carbocycles. The average Bonchev–Trinajstić information content (AvgIpc) is 2.98. The molecule has 0 saturated heterocycles. The number of hydrogen-bond acceptors (Lipinski definition) is 3. The summed E-state index contributed by atoms with van der Waals surface area (Å²) in [5.74, 6) is 0.105. The number of nitrogens with one attached hydrogen (secondary N) is 2. The third-order valence-electron chi connectivity index (χ3n) is 2.47. The van der Waals surface area contributed by atoms with Crippen LogP contribution >= 0.6 is 0 Å². The third-order valence-corrected chi connectivity index (χ3v) is 2.47. The molecule has 0 radical (unpaired) electrons. The first kappa shape index (κ1) is 11.5. The third kappa shape index (κ3) is 2.96. The molecular weight excluding hydrogens is 180 g/mol. The Balaban J connectivity index is 2.09.